The quantitative estimate of drug-likeness (QED) is 0.322. The van der Waals surface area contributed by atoms with Crippen LogP contribution < -0.4 is 15.5 Å². The zero-order valence-corrected chi connectivity index (χ0v) is 23.1. The number of carbonyl (C=O) groups is 1. The van der Waals surface area contributed by atoms with Gasteiger partial charge >= 0.3 is 0 Å². The summed E-state index contributed by atoms with van der Waals surface area (Å²) in [5, 5.41) is 16.5. The van der Waals surface area contributed by atoms with E-state index in [-0.39, 0.29) is 34.9 Å². The van der Waals surface area contributed by atoms with Crippen molar-refractivity contribution in [2.45, 2.75) is 37.5 Å². The molecule has 0 aliphatic carbocycles. The Bertz CT molecular complexity index is 1800. The minimum absolute atomic E-state index is 0.0835. The molecule has 1 fully saturated rings. The predicted octanol–water partition coefficient (Wildman–Crippen LogP) is 3.19. The number of nitrogens with one attached hydrogen (secondary N) is 2. The van der Waals surface area contributed by atoms with Crippen molar-refractivity contribution in [3.8, 4) is 11.4 Å². The number of sulfone groups is 1. The topological polar surface area (TPSA) is 160 Å². The Morgan fingerprint density at radius 1 is 1.07 bits per heavy atom. The van der Waals surface area contributed by atoms with Gasteiger partial charge in [-0.05, 0) is 56.3 Å². The average Bonchev–Trinajstić information content (AvgIpc) is 2.94. The molecule has 1 saturated heterocycles. The number of ether oxygens (including phenoxy) is 1. The third-order valence-corrected chi connectivity index (χ3v) is 8.23. The molecule has 13 heteroatoms. The number of benzene rings is 1. The number of carbonyl (C=O) groups excluding carboxylic acids is 1. The minimum Gasteiger partial charge on any atom is -0.494 e. The van der Waals surface area contributed by atoms with Crippen LogP contribution in [0.25, 0.3) is 22.3 Å². The van der Waals surface area contributed by atoms with Crippen LogP contribution in [0.3, 0.4) is 0 Å². The fourth-order valence-corrected chi connectivity index (χ4v) is 6.13. The summed E-state index contributed by atoms with van der Waals surface area (Å²) in [5.41, 5.74) is 3.00. The molecule has 3 N–H and O–H groups in total. The van der Waals surface area contributed by atoms with Crippen LogP contribution in [0, 0.1) is 0 Å². The number of hydrogen-bond donors (Lipinski definition) is 3. The number of rotatable bonds is 5. The van der Waals surface area contributed by atoms with Gasteiger partial charge < -0.3 is 25.4 Å². The maximum Gasteiger partial charge on any atom is 0.251 e. The van der Waals surface area contributed by atoms with Crippen LogP contribution in [0.2, 0.25) is 0 Å². The summed E-state index contributed by atoms with van der Waals surface area (Å²) < 4.78 is 30.6. The van der Waals surface area contributed by atoms with Crippen LogP contribution in [0.1, 0.15) is 29.9 Å². The lowest BCUT2D eigenvalue weighted by Crippen LogP contribution is -2.46. The monoisotopic (exact) mass is 573 g/mol. The van der Waals surface area contributed by atoms with Crippen LogP contribution in [-0.2, 0) is 21.1 Å². The van der Waals surface area contributed by atoms with Gasteiger partial charge in [-0.1, -0.05) is 0 Å². The first kappa shape index (κ1) is 26.6. The number of aromatic nitrogens is 4. The second kappa shape index (κ2) is 10.4. The lowest BCUT2D eigenvalue weighted by atomic mass is 10.1. The van der Waals surface area contributed by atoms with Gasteiger partial charge in [-0.15, -0.1) is 0 Å². The molecule has 0 radical (unpaired) electrons. The van der Waals surface area contributed by atoms with Gasteiger partial charge in [0.1, 0.15) is 0 Å². The van der Waals surface area contributed by atoms with Crippen LogP contribution >= 0.6 is 0 Å². The first-order valence-corrected chi connectivity index (χ1v) is 14.5. The van der Waals surface area contributed by atoms with E-state index in [2.05, 4.69) is 25.5 Å². The molecule has 0 unspecified atom stereocenters. The Hall–Kier alpha value is -4.62. The molecule has 0 saturated carbocycles. The van der Waals surface area contributed by atoms with Gasteiger partial charge in [0, 0.05) is 36.4 Å². The molecule has 6 rings (SSSR count). The number of aliphatic hydroxyl groups is 1. The Morgan fingerprint density at radius 3 is 2.66 bits per heavy atom. The third kappa shape index (κ3) is 5.54. The van der Waals surface area contributed by atoms with Crippen molar-refractivity contribution >= 4 is 38.3 Å². The molecule has 3 aromatic heterocycles. The van der Waals surface area contributed by atoms with Crippen molar-refractivity contribution in [3.63, 3.8) is 0 Å². The number of aliphatic hydroxyl groups excluding tert-OH is 1. The molecule has 4 aromatic rings. The van der Waals surface area contributed by atoms with Gasteiger partial charge in [0.05, 0.1) is 57.3 Å². The van der Waals surface area contributed by atoms with Crippen LogP contribution in [0.4, 0.5) is 11.6 Å². The van der Waals surface area contributed by atoms with E-state index < -0.39 is 21.6 Å². The summed E-state index contributed by atoms with van der Waals surface area (Å²) in [6, 6.07) is 11.6. The highest BCUT2D eigenvalue weighted by Crippen LogP contribution is 2.30. The molecular formula is C28H27N7O5S. The number of nitrogens with zero attached hydrogens (tertiary/aromatic N) is 5. The summed E-state index contributed by atoms with van der Waals surface area (Å²) >= 11 is 0. The summed E-state index contributed by atoms with van der Waals surface area (Å²) in [6.07, 6.45) is 3.58. The first-order chi connectivity index (χ1) is 19.6. The van der Waals surface area contributed by atoms with Crippen molar-refractivity contribution in [3.05, 3.63) is 77.4 Å². The molecule has 2 aliphatic rings. The molecule has 2 atom stereocenters. The highest BCUT2D eigenvalue weighted by Gasteiger charge is 2.26. The third-order valence-electron chi connectivity index (χ3n) is 6.75. The van der Waals surface area contributed by atoms with Crippen molar-refractivity contribution in [2.24, 2.45) is 0 Å². The van der Waals surface area contributed by atoms with Gasteiger partial charge in [0.25, 0.3) is 5.91 Å². The van der Waals surface area contributed by atoms with E-state index in [0.29, 0.717) is 47.0 Å². The van der Waals surface area contributed by atoms with E-state index in [1.54, 1.807) is 18.5 Å². The Labute approximate surface area is 236 Å². The summed E-state index contributed by atoms with van der Waals surface area (Å²) in [7, 11) is -3.87. The summed E-state index contributed by atoms with van der Waals surface area (Å²) in [6.45, 7) is 5.58. The number of anilines is 2. The second-order valence-corrected chi connectivity index (χ2v) is 11.8. The fraction of sp³-hybridized carbons (Fsp3) is 0.250. The molecular weight excluding hydrogens is 546 g/mol. The smallest absolute Gasteiger partial charge is 0.251 e. The number of fused-ring (bicyclic) bond motifs is 2. The molecule has 1 amide bonds. The molecule has 0 bridgehead atoms. The number of pyridine rings is 2. The lowest BCUT2D eigenvalue weighted by molar-refractivity contribution is -0.00571. The zero-order chi connectivity index (χ0) is 28.7. The largest absolute Gasteiger partial charge is 0.494 e. The zero-order valence-electron chi connectivity index (χ0n) is 22.3. The Balaban J connectivity index is 1.19. The average molecular weight is 574 g/mol. The molecule has 1 aromatic carbocycles. The number of morpholine rings is 1. The molecule has 2 aliphatic heterocycles. The van der Waals surface area contributed by atoms with Gasteiger partial charge in [-0.25, -0.2) is 23.4 Å². The minimum atomic E-state index is -3.87. The SMILES string of the molecule is C[C@@H]1CN(c2nccc(-c3ccc4cnc(CNC(=O)c5ccc6c(c5)S(=O)(=O)C=C(O)N6)cc4n3)n2)C[C@H](C)O1. The molecule has 12 nitrogen and oxygen atoms in total. The summed E-state index contributed by atoms with van der Waals surface area (Å²) in [5.74, 6) is -0.316. The number of amides is 1. The van der Waals surface area contributed by atoms with Crippen molar-refractivity contribution in [1.82, 2.24) is 25.3 Å². The van der Waals surface area contributed by atoms with Gasteiger partial charge in [-0.2, -0.15) is 0 Å². The van der Waals surface area contributed by atoms with E-state index in [1.165, 1.54) is 18.2 Å². The fourth-order valence-electron chi connectivity index (χ4n) is 4.93. The Morgan fingerprint density at radius 2 is 1.85 bits per heavy atom. The van der Waals surface area contributed by atoms with Crippen LogP contribution in [0.15, 0.2) is 71.0 Å². The highest BCUT2D eigenvalue weighted by molar-refractivity contribution is 7.94. The van der Waals surface area contributed by atoms with Crippen LogP contribution in [0.5, 0.6) is 0 Å². The van der Waals surface area contributed by atoms with E-state index in [0.717, 1.165) is 5.39 Å². The molecule has 5 heterocycles. The normalized spacial score (nSPS) is 19.7. The highest BCUT2D eigenvalue weighted by atomic mass is 32.2. The first-order valence-electron chi connectivity index (χ1n) is 13.0. The van der Waals surface area contributed by atoms with Crippen molar-refractivity contribution in [1.29, 1.82) is 0 Å². The van der Waals surface area contributed by atoms with E-state index in [1.807, 2.05) is 32.0 Å². The standard InChI is InChI=1S/C28H27N7O5S/c1-16-13-35(14-17(2)40-16)28-29-8-7-22(34-28)21-5-4-19-11-30-20(10-24(19)32-21)12-31-27(37)18-3-6-23-25(9-18)41(38,39)15-26(36)33-23/h3-11,15-17,33,36H,12-14H2,1-2H3,(H,31,37)/t16-,17+. The maximum absolute atomic E-state index is 12.8. The van der Waals surface area contributed by atoms with Crippen molar-refractivity contribution < 1.29 is 23.1 Å². The molecule has 210 valence electrons. The molecule has 41 heavy (non-hydrogen) atoms. The summed E-state index contributed by atoms with van der Waals surface area (Å²) in [4.78, 5) is 33.3. The van der Waals surface area contributed by atoms with Gasteiger partial charge in [-0.3, -0.25) is 9.78 Å². The molecule has 0 spiro atoms. The van der Waals surface area contributed by atoms with Gasteiger partial charge in [0.2, 0.25) is 21.7 Å². The predicted molar refractivity (Wildman–Crippen MR) is 152 cm³/mol. The van der Waals surface area contributed by atoms with Crippen molar-refractivity contribution in [2.75, 3.05) is 23.3 Å². The van der Waals surface area contributed by atoms with Gasteiger partial charge in [0.15, 0.2) is 0 Å². The Kier molecular flexibility index (Phi) is 6.75. The maximum atomic E-state index is 12.8. The van der Waals surface area contributed by atoms with E-state index >= 15 is 0 Å². The lowest BCUT2D eigenvalue weighted by Gasteiger charge is -2.35. The van der Waals surface area contributed by atoms with E-state index in [4.69, 9.17) is 14.7 Å². The number of hydrogen-bond acceptors (Lipinski definition) is 11. The van der Waals surface area contributed by atoms with Crippen LogP contribution in [-0.4, -0.2) is 64.7 Å². The van der Waals surface area contributed by atoms with E-state index in [9.17, 15) is 18.3 Å². The second-order valence-electron chi connectivity index (χ2n) is 10.0.